The zero-order chi connectivity index (χ0) is 13.6. The average molecular weight is 265 g/mol. The smallest absolute Gasteiger partial charge is 0.282 e. The molecule has 96 valence electrons. The molecular weight excluding hydrogens is 250 g/mol. The standard InChI is InChI=1S/C8H10O3S.C5H5N/c1-6-3-4-8(5-7(6)2)12(9,10)11;1-2-4-6-5-3-1/h3-5H,1-2H3,(H,9,10,11);1-5H. The van der Waals surface area contributed by atoms with E-state index in [-0.39, 0.29) is 4.90 Å². The summed E-state index contributed by atoms with van der Waals surface area (Å²) in [5.74, 6) is 0. The fraction of sp³-hybridized carbons (Fsp3) is 0.154. The second kappa shape index (κ2) is 6.28. The van der Waals surface area contributed by atoms with Gasteiger partial charge in [0.1, 0.15) is 0 Å². The zero-order valence-electron chi connectivity index (χ0n) is 10.2. The number of hydrogen-bond donors (Lipinski definition) is 1. The third kappa shape index (κ3) is 4.65. The molecule has 5 heteroatoms. The predicted octanol–water partition coefficient (Wildman–Crippen LogP) is 2.63. The first-order chi connectivity index (χ1) is 8.41. The maximum atomic E-state index is 10.7. The highest BCUT2D eigenvalue weighted by atomic mass is 32.2. The summed E-state index contributed by atoms with van der Waals surface area (Å²) in [4.78, 5) is 3.73. The van der Waals surface area contributed by atoms with E-state index < -0.39 is 10.1 Å². The molecule has 0 spiro atoms. The van der Waals surface area contributed by atoms with Crippen LogP contribution in [0.4, 0.5) is 0 Å². The Morgan fingerprint density at radius 1 is 1.00 bits per heavy atom. The molecule has 0 bridgehead atoms. The van der Waals surface area contributed by atoms with E-state index in [9.17, 15) is 8.42 Å². The van der Waals surface area contributed by atoms with Crippen LogP contribution in [0.1, 0.15) is 11.1 Å². The van der Waals surface area contributed by atoms with Crippen molar-refractivity contribution in [3.05, 3.63) is 59.9 Å². The minimum atomic E-state index is -4.04. The van der Waals surface area contributed by atoms with Crippen molar-refractivity contribution in [2.45, 2.75) is 18.7 Å². The van der Waals surface area contributed by atoms with Gasteiger partial charge < -0.3 is 0 Å². The molecule has 0 amide bonds. The van der Waals surface area contributed by atoms with Gasteiger partial charge in [-0.15, -0.1) is 0 Å². The molecule has 0 radical (unpaired) electrons. The van der Waals surface area contributed by atoms with Gasteiger partial charge in [-0.25, -0.2) is 0 Å². The molecule has 0 aliphatic heterocycles. The van der Waals surface area contributed by atoms with E-state index in [1.54, 1.807) is 25.4 Å². The summed E-state index contributed by atoms with van der Waals surface area (Å²) in [7, 11) is -4.04. The van der Waals surface area contributed by atoms with Crippen LogP contribution in [0.2, 0.25) is 0 Å². The van der Waals surface area contributed by atoms with Gasteiger partial charge in [0.25, 0.3) is 10.1 Å². The summed E-state index contributed by atoms with van der Waals surface area (Å²) < 4.78 is 30.0. The van der Waals surface area contributed by atoms with Crippen molar-refractivity contribution in [1.29, 1.82) is 0 Å². The molecule has 0 saturated carbocycles. The van der Waals surface area contributed by atoms with Crippen molar-refractivity contribution >= 4 is 10.1 Å². The lowest BCUT2D eigenvalue weighted by Gasteiger charge is -2.01. The van der Waals surface area contributed by atoms with Crippen LogP contribution in [-0.4, -0.2) is 18.0 Å². The molecule has 2 aromatic rings. The minimum Gasteiger partial charge on any atom is -0.282 e. The molecule has 0 saturated heterocycles. The third-order valence-electron chi connectivity index (χ3n) is 2.34. The topological polar surface area (TPSA) is 67.3 Å². The van der Waals surface area contributed by atoms with Crippen molar-refractivity contribution in [3.8, 4) is 0 Å². The molecule has 2 rings (SSSR count). The SMILES string of the molecule is Cc1ccc(S(=O)(=O)O)cc1C.c1ccncc1. The van der Waals surface area contributed by atoms with E-state index in [1.165, 1.54) is 12.1 Å². The Hall–Kier alpha value is -1.72. The van der Waals surface area contributed by atoms with Crippen molar-refractivity contribution in [3.63, 3.8) is 0 Å². The van der Waals surface area contributed by atoms with Crippen molar-refractivity contribution in [1.82, 2.24) is 4.98 Å². The van der Waals surface area contributed by atoms with Gasteiger partial charge >= 0.3 is 0 Å². The second-order valence-electron chi connectivity index (χ2n) is 3.75. The highest BCUT2D eigenvalue weighted by Crippen LogP contribution is 2.13. The predicted molar refractivity (Wildman–Crippen MR) is 70.0 cm³/mol. The largest absolute Gasteiger partial charge is 0.294 e. The lowest BCUT2D eigenvalue weighted by Crippen LogP contribution is -1.98. The Labute approximate surface area is 107 Å². The first-order valence-electron chi connectivity index (χ1n) is 5.31. The van der Waals surface area contributed by atoms with Crippen molar-refractivity contribution < 1.29 is 13.0 Å². The molecule has 4 nitrogen and oxygen atoms in total. The van der Waals surface area contributed by atoms with E-state index in [0.717, 1.165) is 11.1 Å². The van der Waals surface area contributed by atoms with Gasteiger partial charge in [0.05, 0.1) is 4.90 Å². The maximum Gasteiger partial charge on any atom is 0.294 e. The molecule has 0 aliphatic rings. The van der Waals surface area contributed by atoms with Crippen LogP contribution in [0.5, 0.6) is 0 Å². The van der Waals surface area contributed by atoms with Crippen LogP contribution in [0.15, 0.2) is 53.7 Å². The van der Waals surface area contributed by atoms with Crippen LogP contribution < -0.4 is 0 Å². The Morgan fingerprint density at radius 3 is 1.94 bits per heavy atom. The number of nitrogens with zero attached hydrogens (tertiary/aromatic N) is 1. The number of benzene rings is 1. The van der Waals surface area contributed by atoms with Crippen LogP contribution >= 0.6 is 0 Å². The van der Waals surface area contributed by atoms with E-state index in [1.807, 2.05) is 25.1 Å². The highest BCUT2D eigenvalue weighted by Gasteiger charge is 2.08. The summed E-state index contributed by atoms with van der Waals surface area (Å²) in [5.41, 5.74) is 1.85. The molecular formula is C13H15NO3S. The minimum absolute atomic E-state index is 0.0504. The molecule has 0 aliphatic carbocycles. The molecule has 1 N–H and O–H groups in total. The van der Waals surface area contributed by atoms with E-state index >= 15 is 0 Å². The number of aromatic nitrogens is 1. The normalized spacial score (nSPS) is 10.4. The average Bonchev–Trinajstić information content (AvgIpc) is 2.34. The molecule has 18 heavy (non-hydrogen) atoms. The van der Waals surface area contributed by atoms with Gasteiger partial charge in [0.2, 0.25) is 0 Å². The van der Waals surface area contributed by atoms with Gasteiger partial charge in [0.15, 0.2) is 0 Å². The summed E-state index contributed by atoms with van der Waals surface area (Å²) in [5, 5.41) is 0. The summed E-state index contributed by atoms with van der Waals surface area (Å²) >= 11 is 0. The highest BCUT2D eigenvalue weighted by molar-refractivity contribution is 7.85. The van der Waals surface area contributed by atoms with Crippen LogP contribution in [0, 0.1) is 13.8 Å². The maximum absolute atomic E-state index is 10.7. The first kappa shape index (κ1) is 14.3. The van der Waals surface area contributed by atoms with Crippen molar-refractivity contribution in [2.75, 3.05) is 0 Å². The summed E-state index contributed by atoms with van der Waals surface area (Å²) in [6.45, 7) is 3.67. The number of pyridine rings is 1. The van der Waals surface area contributed by atoms with E-state index in [0.29, 0.717) is 0 Å². The quantitative estimate of drug-likeness (QED) is 0.805. The van der Waals surface area contributed by atoms with Crippen molar-refractivity contribution in [2.24, 2.45) is 0 Å². The first-order valence-corrected chi connectivity index (χ1v) is 6.75. The van der Waals surface area contributed by atoms with Gasteiger partial charge in [-0.1, -0.05) is 12.1 Å². The Balaban J connectivity index is 0.000000225. The molecule has 0 fully saturated rings. The number of aryl methyl sites for hydroxylation is 2. The Bertz CT molecular complexity index is 568. The molecule has 1 aromatic carbocycles. The molecule has 0 unspecified atom stereocenters. The van der Waals surface area contributed by atoms with Gasteiger partial charge in [0, 0.05) is 12.4 Å². The molecule has 1 heterocycles. The van der Waals surface area contributed by atoms with E-state index in [4.69, 9.17) is 4.55 Å². The van der Waals surface area contributed by atoms with Crippen LogP contribution in [0.25, 0.3) is 0 Å². The van der Waals surface area contributed by atoms with Gasteiger partial charge in [-0.3, -0.25) is 9.54 Å². The number of rotatable bonds is 1. The van der Waals surface area contributed by atoms with Crippen LogP contribution in [-0.2, 0) is 10.1 Å². The molecule has 1 aromatic heterocycles. The van der Waals surface area contributed by atoms with Crippen LogP contribution in [0.3, 0.4) is 0 Å². The number of hydrogen-bond acceptors (Lipinski definition) is 3. The lowest BCUT2D eigenvalue weighted by atomic mass is 10.1. The summed E-state index contributed by atoms with van der Waals surface area (Å²) in [6, 6.07) is 10.2. The zero-order valence-corrected chi connectivity index (χ0v) is 11.1. The van der Waals surface area contributed by atoms with Gasteiger partial charge in [-0.05, 0) is 49.2 Å². The third-order valence-corrected chi connectivity index (χ3v) is 3.19. The fourth-order valence-corrected chi connectivity index (χ4v) is 1.75. The Morgan fingerprint density at radius 2 is 1.61 bits per heavy atom. The fourth-order valence-electron chi connectivity index (χ4n) is 1.19. The monoisotopic (exact) mass is 265 g/mol. The van der Waals surface area contributed by atoms with E-state index in [2.05, 4.69) is 4.98 Å². The summed E-state index contributed by atoms with van der Waals surface area (Å²) in [6.07, 6.45) is 3.50. The second-order valence-corrected chi connectivity index (χ2v) is 5.17. The molecule has 0 atom stereocenters. The van der Waals surface area contributed by atoms with Gasteiger partial charge in [-0.2, -0.15) is 8.42 Å². The Kier molecular flexibility index (Phi) is 5.00. The lowest BCUT2D eigenvalue weighted by molar-refractivity contribution is 0.483.